The second-order valence-corrected chi connectivity index (χ2v) is 9.70. The van der Waals surface area contributed by atoms with Crippen molar-refractivity contribution in [3.05, 3.63) is 65.5 Å². The molecule has 0 spiro atoms. The first-order valence-corrected chi connectivity index (χ1v) is 11.8. The fraction of sp³-hybridized carbons (Fsp3) is 0.348. The van der Waals surface area contributed by atoms with E-state index in [4.69, 9.17) is 4.74 Å². The Morgan fingerprint density at radius 1 is 1.06 bits per heavy atom. The molecule has 1 aliphatic rings. The number of hydrogen-bond acceptors (Lipinski definition) is 6. The SMILES string of the molecule is Cc1nc2ccccc2nc1COC(=O)c1ccc(S(=O)(=O)N2CCCC[C@H]2C)cc1. The molecule has 2 aromatic carbocycles. The van der Waals surface area contributed by atoms with Crippen LogP contribution < -0.4 is 0 Å². The van der Waals surface area contributed by atoms with Crippen molar-refractivity contribution >= 4 is 27.0 Å². The number of piperidine rings is 1. The van der Waals surface area contributed by atoms with Gasteiger partial charge in [0.25, 0.3) is 0 Å². The molecule has 8 heteroatoms. The molecule has 0 bridgehead atoms. The van der Waals surface area contributed by atoms with Crippen LogP contribution in [0, 0.1) is 6.92 Å². The van der Waals surface area contributed by atoms with E-state index in [0.717, 1.165) is 30.3 Å². The molecule has 0 unspecified atom stereocenters. The van der Waals surface area contributed by atoms with Gasteiger partial charge in [-0.15, -0.1) is 0 Å². The van der Waals surface area contributed by atoms with Crippen molar-refractivity contribution in [2.45, 2.75) is 50.7 Å². The van der Waals surface area contributed by atoms with Gasteiger partial charge < -0.3 is 4.74 Å². The maximum atomic E-state index is 12.9. The third kappa shape index (κ3) is 4.45. The zero-order valence-corrected chi connectivity index (χ0v) is 18.4. The third-order valence-electron chi connectivity index (χ3n) is 5.62. The summed E-state index contributed by atoms with van der Waals surface area (Å²) in [5.74, 6) is -0.537. The van der Waals surface area contributed by atoms with Crippen molar-refractivity contribution in [1.82, 2.24) is 14.3 Å². The number of aromatic nitrogens is 2. The quantitative estimate of drug-likeness (QED) is 0.561. The van der Waals surface area contributed by atoms with Gasteiger partial charge in [-0.05, 0) is 63.1 Å². The summed E-state index contributed by atoms with van der Waals surface area (Å²) in [5, 5.41) is 0. The molecule has 1 fully saturated rings. The lowest BCUT2D eigenvalue weighted by atomic mass is 10.1. The number of para-hydroxylation sites is 2. The second kappa shape index (κ2) is 8.72. The number of benzene rings is 2. The number of carbonyl (C=O) groups is 1. The highest BCUT2D eigenvalue weighted by atomic mass is 32.2. The first-order chi connectivity index (χ1) is 14.9. The molecule has 0 aliphatic carbocycles. The molecule has 4 rings (SSSR count). The van der Waals surface area contributed by atoms with Gasteiger partial charge in [0.05, 0.1) is 32.9 Å². The van der Waals surface area contributed by atoms with Crippen molar-refractivity contribution in [2.24, 2.45) is 0 Å². The van der Waals surface area contributed by atoms with Gasteiger partial charge in [0, 0.05) is 12.6 Å². The maximum Gasteiger partial charge on any atom is 0.338 e. The van der Waals surface area contributed by atoms with Crippen LogP contribution in [0.4, 0.5) is 0 Å². The lowest BCUT2D eigenvalue weighted by Gasteiger charge is -2.32. The van der Waals surface area contributed by atoms with Crippen LogP contribution in [0.5, 0.6) is 0 Å². The molecule has 0 N–H and O–H groups in total. The van der Waals surface area contributed by atoms with Crippen LogP contribution in [0.3, 0.4) is 0 Å². The first kappa shape index (κ1) is 21.4. The molecule has 0 amide bonds. The highest BCUT2D eigenvalue weighted by Crippen LogP contribution is 2.25. The lowest BCUT2D eigenvalue weighted by molar-refractivity contribution is 0.0467. The predicted molar refractivity (Wildman–Crippen MR) is 117 cm³/mol. The minimum absolute atomic E-state index is 0.00611. The molecule has 162 valence electrons. The molecule has 1 atom stereocenters. The Kier molecular flexibility index (Phi) is 6.02. The van der Waals surface area contributed by atoms with Crippen LogP contribution in [0.15, 0.2) is 53.4 Å². The van der Waals surface area contributed by atoms with Crippen LogP contribution >= 0.6 is 0 Å². The van der Waals surface area contributed by atoms with Gasteiger partial charge in [0.2, 0.25) is 10.0 Å². The lowest BCUT2D eigenvalue weighted by Crippen LogP contribution is -2.41. The Morgan fingerprint density at radius 2 is 1.74 bits per heavy atom. The topological polar surface area (TPSA) is 89.5 Å². The summed E-state index contributed by atoms with van der Waals surface area (Å²) in [6.07, 6.45) is 2.77. The van der Waals surface area contributed by atoms with E-state index in [2.05, 4.69) is 9.97 Å². The Balaban J connectivity index is 1.46. The number of ether oxygens (including phenoxy) is 1. The number of esters is 1. The Hall–Kier alpha value is -2.84. The van der Waals surface area contributed by atoms with E-state index in [1.54, 1.807) is 4.31 Å². The van der Waals surface area contributed by atoms with E-state index in [0.29, 0.717) is 17.9 Å². The summed E-state index contributed by atoms with van der Waals surface area (Å²) >= 11 is 0. The number of nitrogens with zero attached hydrogens (tertiary/aromatic N) is 3. The highest BCUT2D eigenvalue weighted by molar-refractivity contribution is 7.89. The van der Waals surface area contributed by atoms with Gasteiger partial charge in [-0.1, -0.05) is 18.6 Å². The second-order valence-electron chi connectivity index (χ2n) is 7.81. The van der Waals surface area contributed by atoms with Crippen molar-refractivity contribution in [1.29, 1.82) is 0 Å². The fourth-order valence-corrected chi connectivity index (χ4v) is 5.51. The van der Waals surface area contributed by atoms with Crippen molar-refractivity contribution in [3.8, 4) is 0 Å². The van der Waals surface area contributed by atoms with Crippen LogP contribution in [0.25, 0.3) is 11.0 Å². The van der Waals surface area contributed by atoms with E-state index < -0.39 is 16.0 Å². The molecule has 2 heterocycles. The van der Waals surface area contributed by atoms with Gasteiger partial charge in [0.1, 0.15) is 6.61 Å². The average Bonchev–Trinajstić information content (AvgIpc) is 2.77. The van der Waals surface area contributed by atoms with Gasteiger partial charge in [-0.25, -0.2) is 23.2 Å². The Bertz CT molecular complexity index is 1210. The predicted octanol–water partition coefficient (Wildman–Crippen LogP) is 3.86. The number of fused-ring (bicyclic) bond motifs is 1. The van der Waals surface area contributed by atoms with Gasteiger partial charge in [0.15, 0.2) is 0 Å². The van der Waals surface area contributed by atoms with Gasteiger partial charge in [-0.2, -0.15) is 4.31 Å². The molecule has 7 nitrogen and oxygen atoms in total. The molecule has 3 aromatic rings. The number of rotatable bonds is 5. The summed E-state index contributed by atoms with van der Waals surface area (Å²) in [5.41, 5.74) is 3.10. The number of sulfonamides is 1. The van der Waals surface area contributed by atoms with Gasteiger partial charge >= 0.3 is 5.97 Å². The molecule has 0 saturated carbocycles. The van der Waals surface area contributed by atoms with E-state index in [1.165, 1.54) is 24.3 Å². The van der Waals surface area contributed by atoms with Crippen LogP contribution in [-0.2, 0) is 21.4 Å². The molecule has 31 heavy (non-hydrogen) atoms. The number of carbonyl (C=O) groups excluding carboxylic acids is 1. The van der Waals surface area contributed by atoms with Gasteiger partial charge in [-0.3, -0.25) is 0 Å². The third-order valence-corrected chi connectivity index (χ3v) is 7.65. The Labute approximate surface area is 182 Å². The molecule has 1 aromatic heterocycles. The molecular weight excluding hydrogens is 414 g/mol. The largest absolute Gasteiger partial charge is 0.456 e. The van der Waals surface area contributed by atoms with E-state index in [9.17, 15) is 13.2 Å². The smallest absolute Gasteiger partial charge is 0.338 e. The first-order valence-electron chi connectivity index (χ1n) is 10.4. The normalized spacial score (nSPS) is 17.5. The Morgan fingerprint density at radius 3 is 2.42 bits per heavy atom. The standard InChI is InChI=1S/C23H25N3O4S/c1-16-7-5-6-14-26(16)31(28,29)19-12-10-18(11-13-19)23(27)30-15-22-17(2)24-20-8-3-4-9-21(20)25-22/h3-4,8-13,16H,5-7,14-15H2,1-2H3/t16-/m1/s1. The minimum atomic E-state index is -3.57. The van der Waals surface area contributed by atoms with Crippen LogP contribution in [-0.4, -0.2) is 41.2 Å². The average molecular weight is 440 g/mol. The van der Waals surface area contributed by atoms with E-state index in [1.807, 2.05) is 38.1 Å². The number of hydrogen-bond donors (Lipinski definition) is 0. The van der Waals surface area contributed by atoms with Crippen molar-refractivity contribution in [2.75, 3.05) is 6.54 Å². The van der Waals surface area contributed by atoms with Crippen LogP contribution in [0.2, 0.25) is 0 Å². The summed E-state index contributed by atoms with van der Waals surface area (Å²) in [4.78, 5) is 21.7. The summed E-state index contributed by atoms with van der Waals surface area (Å²) in [6, 6.07) is 13.4. The van der Waals surface area contributed by atoms with Crippen LogP contribution in [0.1, 0.15) is 47.9 Å². The molecule has 1 aliphatic heterocycles. The fourth-order valence-electron chi connectivity index (χ4n) is 3.81. The van der Waals surface area contributed by atoms with Crippen molar-refractivity contribution < 1.29 is 17.9 Å². The minimum Gasteiger partial charge on any atom is -0.456 e. The monoisotopic (exact) mass is 439 g/mol. The number of aryl methyl sites for hydroxylation is 1. The highest BCUT2D eigenvalue weighted by Gasteiger charge is 2.31. The summed E-state index contributed by atoms with van der Waals surface area (Å²) in [6.45, 7) is 4.28. The van der Waals surface area contributed by atoms with E-state index >= 15 is 0 Å². The molecular formula is C23H25N3O4S. The molecule has 1 saturated heterocycles. The summed E-state index contributed by atoms with van der Waals surface area (Å²) in [7, 11) is -3.57. The summed E-state index contributed by atoms with van der Waals surface area (Å²) < 4.78 is 32.8. The van der Waals surface area contributed by atoms with E-state index in [-0.39, 0.29) is 23.1 Å². The zero-order valence-electron chi connectivity index (χ0n) is 17.6. The molecule has 0 radical (unpaired) electrons. The van der Waals surface area contributed by atoms with Crippen molar-refractivity contribution in [3.63, 3.8) is 0 Å². The maximum absolute atomic E-state index is 12.9. The zero-order chi connectivity index (χ0) is 22.0.